The van der Waals surface area contributed by atoms with E-state index in [1.54, 1.807) is 45.0 Å². The number of ketones is 1. The zero-order valence-electron chi connectivity index (χ0n) is 18.7. The zero-order valence-corrected chi connectivity index (χ0v) is 18.7. The number of benzene rings is 2. The topological polar surface area (TPSA) is 95.2 Å². The van der Waals surface area contributed by atoms with Gasteiger partial charge in [-0.2, -0.15) is 0 Å². The molecule has 7 heteroatoms. The number of fused-ring (bicyclic) bond motifs is 1. The molecule has 32 heavy (non-hydrogen) atoms. The summed E-state index contributed by atoms with van der Waals surface area (Å²) in [4.78, 5) is 45.3. The molecule has 0 aliphatic rings. The third-order valence-corrected chi connectivity index (χ3v) is 4.98. The fourth-order valence-electron chi connectivity index (χ4n) is 3.11. The molecule has 0 bridgehead atoms. The number of aromatic amines is 1. The van der Waals surface area contributed by atoms with Crippen molar-refractivity contribution in [2.24, 2.45) is 5.41 Å². The Bertz CT molecular complexity index is 1260. The highest BCUT2D eigenvalue weighted by atomic mass is 16.2. The molecule has 0 saturated heterocycles. The standard InChI is InChI=1S/C25H26N4O3/c1-6-13-29(19-10-8-18(9-11-19)16(2)30)15-17-7-12-21-20(14-17)22(31)27-24(26-21)28-23(32)25(3,4)5/h1,7-12,14H,13,15H2,2-5H3,(H2,26,27,28,31,32). The number of anilines is 2. The van der Waals surface area contributed by atoms with Crippen molar-refractivity contribution in [1.82, 2.24) is 9.97 Å². The van der Waals surface area contributed by atoms with Crippen LogP contribution in [0.15, 0.2) is 47.3 Å². The summed E-state index contributed by atoms with van der Waals surface area (Å²) in [6.07, 6.45) is 5.55. The maximum atomic E-state index is 12.6. The molecule has 1 aromatic heterocycles. The maximum absolute atomic E-state index is 12.6. The SMILES string of the molecule is C#CCN(Cc1ccc2nc(NC(=O)C(C)(C)C)[nH]c(=O)c2c1)c1ccc(C(C)=O)cc1. The molecule has 3 rings (SSSR count). The summed E-state index contributed by atoms with van der Waals surface area (Å²) in [7, 11) is 0. The van der Waals surface area contributed by atoms with E-state index in [-0.39, 0.29) is 23.2 Å². The van der Waals surface area contributed by atoms with E-state index < -0.39 is 5.41 Å². The number of Topliss-reactive ketones (excluding diaryl/α,β-unsaturated/α-hetero) is 1. The van der Waals surface area contributed by atoms with Crippen LogP contribution >= 0.6 is 0 Å². The van der Waals surface area contributed by atoms with Crippen molar-refractivity contribution < 1.29 is 9.59 Å². The lowest BCUT2D eigenvalue weighted by atomic mass is 9.96. The Balaban J connectivity index is 1.88. The van der Waals surface area contributed by atoms with Crippen molar-refractivity contribution in [3.8, 4) is 12.3 Å². The number of terminal acetylenes is 1. The van der Waals surface area contributed by atoms with Gasteiger partial charge in [0.15, 0.2) is 5.78 Å². The van der Waals surface area contributed by atoms with Gasteiger partial charge in [-0.15, -0.1) is 6.42 Å². The van der Waals surface area contributed by atoms with Crippen LogP contribution in [0.5, 0.6) is 0 Å². The predicted molar refractivity (Wildman–Crippen MR) is 127 cm³/mol. The summed E-state index contributed by atoms with van der Waals surface area (Å²) in [5.41, 5.74) is 1.92. The van der Waals surface area contributed by atoms with Crippen molar-refractivity contribution in [3.05, 3.63) is 63.9 Å². The van der Waals surface area contributed by atoms with Crippen LogP contribution in [-0.4, -0.2) is 28.2 Å². The number of hydrogen-bond acceptors (Lipinski definition) is 5. The fraction of sp³-hybridized carbons (Fsp3) is 0.280. The average molecular weight is 431 g/mol. The number of nitrogens with one attached hydrogen (secondary N) is 2. The van der Waals surface area contributed by atoms with Gasteiger partial charge < -0.3 is 4.90 Å². The molecule has 0 spiro atoms. The van der Waals surface area contributed by atoms with Crippen LogP contribution in [0.25, 0.3) is 10.9 Å². The Morgan fingerprint density at radius 2 is 1.84 bits per heavy atom. The second-order valence-electron chi connectivity index (χ2n) is 8.63. The van der Waals surface area contributed by atoms with Gasteiger partial charge in [-0.1, -0.05) is 32.8 Å². The molecule has 0 aliphatic heterocycles. The van der Waals surface area contributed by atoms with Crippen LogP contribution < -0.4 is 15.8 Å². The van der Waals surface area contributed by atoms with Gasteiger partial charge in [0.1, 0.15) is 0 Å². The molecule has 1 amide bonds. The summed E-state index contributed by atoms with van der Waals surface area (Å²) in [6, 6.07) is 12.6. The number of rotatable bonds is 6. The monoisotopic (exact) mass is 430 g/mol. The van der Waals surface area contributed by atoms with Crippen molar-refractivity contribution in [2.75, 3.05) is 16.8 Å². The Labute approximate surface area is 186 Å². The molecule has 2 aromatic carbocycles. The first-order valence-corrected chi connectivity index (χ1v) is 10.2. The van der Waals surface area contributed by atoms with Crippen LogP contribution in [0.4, 0.5) is 11.6 Å². The van der Waals surface area contributed by atoms with Gasteiger partial charge in [-0.25, -0.2) is 4.98 Å². The van der Waals surface area contributed by atoms with Crippen LogP contribution in [0, 0.1) is 17.8 Å². The summed E-state index contributed by atoms with van der Waals surface area (Å²) < 4.78 is 0. The van der Waals surface area contributed by atoms with E-state index in [0.717, 1.165) is 11.3 Å². The Kier molecular flexibility index (Phi) is 6.45. The van der Waals surface area contributed by atoms with Crippen molar-refractivity contribution in [2.45, 2.75) is 34.2 Å². The van der Waals surface area contributed by atoms with Crippen LogP contribution in [-0.2, 0) is 11.3 Å². The van der Waals surface area contributed by atoms with Gasteiger partial charge in [0.25, 0.3) is 5.56 Å². The minimum atomic E-state index is -0.611. The fourth-order valence-corrected chi connectivity index (χ4v) is 3.11. The molecule has 2 N–H and O–H groups in total. The van der Waals surface area contributed by atoms with E-state index in [1.807, 2.05) is 23.1 Å². The lowest BCUT2D eigenvalue weighted by Crippen LogP contribution is -2.29. The Morgan fingerprint density at radius 1 is 1.16 bits per heavy atom. The number of carbonyl (C=O) groups is 2. The quantitative estimate of drug-likeness (QED) is 0.459. The van der Waals surface area contributed by atoms with Gasteiger partial charge in [-0.05, 0) is 48.9 Å². The molecule has 3 aromatic rings. The molecule has 0 fully saturated rings. The normalized spacial score (nSPS) is 11.1. The van der Waals surface area contributed by atoms with Crippen molar-refractivity contribution in [3.63, 3.8) is 0 Å². The van der Waals surface area contributed by atoms with E-state index in [4.69, 9.17) is 6.42 Å². The zero-order chi connectivity index (χ0) is 23.5. The molecule has 0 atom stereocenters. The minimum Gasteiger partial charge on any atom is -0.356 e. The maximum Gasteiger partial charge on any atom is 0.260 e. The number of H-pyrrole nitrogens is 1. The first-order valence-electron chi connectivity index (χ1n) is 10.2. The highest BCUT2D eigenvalue weighted by Crippen LogP contribution is 2.21. The van der Waals surface area contributed by atoms with E-state index in [1.165, 1.54) is 6.92 Å². The number of nitrogens with zero attached hydrogens (tertiary/aromatic N) is 2. The summed E-state index contributed by atoms with van der Waals surface area (Å²) in [6.45, 7) is 7.70. The molecule has 0 saturated carbocycles. The molecular weight excluding hydrogens is 404 g/mol. The second kappa shape index (κ2) is 9.06. The minimum absolute atomic E-state index is 0.000589. The largest absolute Gasteiger partial charge is 0.356 e. The molecule has 7 nitrogen and oxygen atoms in total. The summed E-state index contributed by atoms with van der Waals surface area (Å²) >= 11 is 0. The molecular formula is C25H26N4O3. The van der Waals surface area contributed by atoms with Crippen LogP contribution in [0.2, 0.25) is 0 Å². The number of aromatic nitrogens is 2. The third kappa shape index (κ3) is 5.22. The van der Waals surface area contributed by atoms with Gasteiger partial charge >= 0.3 is 0 Å². The van der Waals surface area contributed by atoms with E-state index in [2.05, 4.69) is 21.2 Å². The molecule has 164 valence electrons. The average Bonchev–Trinajstić information content (AvgIpc) is 2.73. The predicted octanol–water partition coefficient (Wildman–Crippen LogP) is 3.75. The van der Waals surface area contributed by atoms with Crippen LogP contribution in [0.1, 0.15) is 43.6 Å². The smallest absolute Gasteiger partial charge is 0.260 e. The first-order chi connectivity index (χ1) is 15.1. The lowest BCUT2D eigenvalue weighted by Gasteiger charge is -2.23. The van der Waals surface area contributed by atoms with E-state index in [0.29, 0.717) is 29.6 Å². The van der Waals surface area contributed by atoms with Crippen LogP contribution in [0.3, 0.4) is 0 Å². The van der Waals surface area contributed by atoms with Gasteiger partial charge in [-0.3, -0.25) is 24.7 Å². The molecule has 1 heterocycles. The van der Waals surface area contributed by atoms with E-state index >= 15 is 0 Å². The molecule has 0 radical (unpaired) electrons. The van der Waals surface area contributed by atoms with Gasteiger partial charge in [0, 0.05) is 23.2 Å². The number of carbonyl (C=O) groups excluding carboxylic acids is 2. The Hall–Kier alpha value is -3.92. The highest BCUT2D eigenvalue weighted by molar-refractivity contribution is 5.94. The van der Waals surface area contributed by atoms with Crippen molar-refractivity contribution >= 4 is 34.2 Å². The number of hydrogen-bond donors (Lipinski definition) is 2. The van der Waals surface area contributed by atoms with Gasteiger partial charge in [0.2, 0.25) is 11.9 Å². The summed E-state index contributed by atoms with van der Waals surface area (Å²) in [5.74, 6) is 2.53. The highest BCUT2D eigenvalue weighted by Gasteiger charge is 2.22. The Morgan fingerprint density at radius 3 is 2.44 bits per heavy atom. The molecule has 0 unspecified atom stereocenters. The van der Waals surface area contributed by atoms with E-state index in [9.17, 15) is 14.4 Å². The van der Waals surface area contributed by atoms with Gasteiger partial charge in [0.05, 0.1) is 17.4 Å². The third-order valence-electron chi connectivity index (χ3n) is 4.98. The second-order valence-corrected chi connectivity index (χ2v) is 8.63. The van der Waals surface area contributed by atoms with Crippen molar-refractivity contribution in [1.29, 1.82) is 0 Å². The molecule has 0 aliphatic carbocycles. The first kappa shape index (κ1) is 22.8. The number of amides is 1. The lowest BCUT2D eigenvalue weighted by molar-refractivity contribution is -0.123. The summed E-state index contributed by atoms with van der Waals surface area (Å²) in [5, 5.41) is 3.07.